The van der Waals surface area contributed by atoms with Gasteiger partial charge in [-0.2, -0.15) is 0 Å². The van der Waals surface area contributed by atoms with E-state index in [4.69, 9.17) is 0 Å². The van der Waals surface area contributed by atoms with Gasteiger partial charge in [-0.25, -0.2) is 0 Å². The number of halogens is 1. The summed E-state index contributed by atoms with van der Waals surface area (Å²) in [7, 11) is 0. The molecule has 1 heterocycles. The quantitative estimate of drug-likeness (QED) is 0.922. The number of likely N-dealkylation sites (tertiary alicyclic amines) is 1. The fourth-order valence-electron chi connectivity index (χ4n) is 2.34. The van der Waals surface area contributed by atoms with Crippen LogP contribution < -0.4 is 0 Å². The van der Waals surface area contributed by atoms with Gasteiger partial charge < -0.3 is 5.11 Å². The molecule has 2 rings (SSSR count). The lowest BCUT2D eigenvalue weighted by Gasteiger charge is -2.31. The van der Waals surface area contributed by atoms with Crippen LogP contribution in [-0.2, 0) is 6.54 Å². The molecule has 1 aromatic rings. The molecule has 1 unspecified atom stereocenters. The molecule has 1 N–H and O–H groups in total. The van der Waals surface area contributed by atoms with Crippen LogP contribution in [0.25, 0.3) is 0 Å². The first-order valence-corrected chi connectivity index (χ1v) is 6.65. The van der Waals surface area contributed by atoms with Gasteiger partial charge in [-0.1, -0.05) is 28.1 Å². The molecule has 16 heavy (non-hydrogen) atoms. The van der Waals surface area contributed by atoms with Crippen molar-refractivity contribution < 1.29 is 5.11 Å². The first-order chi connectivity index (χ1) is 7.78. The van der Waals surface area contributed by atoms with Crippen molar-refractivity contribution in [3.05, 3.63) is 34.3 Å². The van der Waals surface area contributed by atoms with Crippen LogP contribution in [0.5, 0.6) is 0 Å². The maximum absolute atomic E-state index is 9.18. The smallest absolute Gasteiger partial charge is 0.0471 e. The standard InChI is InChI=1S/C13H18BrNO/c14-13-5-1-3-11(7-13)8-15-6-2-4-12(9-15)10-16/h1,3,5,7,12,16H,2,4,6,8-10H2. The second-order valence-electron chi connectivity index (χ2n) is 4.56. The second-order valence-corrected chi connectivity index (χ2v) is 5.47. The number of aliphatic hydroxyl groups is 1. The Bertz CT molecular complexity index is 342. The maximum Gasteiger partial charge on any atom is 0.0471 e. The fourth-order valence-corrected chi connectivity index (χ4v) is 2.78. The second kappa shape index (κ2) is 5.80. The molecule has 1 atom stereocenters. The van der Waals surface area contributed by atoms with Crippen LogP contribution >= 0.6 is 15.9 Å². The molecule has 0 saturated carbocycles. The molecule has 1 aromatic carbocycles. The van der Waals surface area contributed by atoms with Crippen molar-refractivity contribution in [1.82, 2.24) is 4.90 Å². The van der Waals surface area contributed by atoms with Crippen LogP contribution in [0.2, 0.25) is 0 Å². The van der Waals surface area contributed by atoms with Crippen LogP contribution in [0, 0.1) is 5.92 Å². The zero-order valence-electron chi connectivity index (χ0n) is 9.40. The van der Waals surface area contributed by atoms with Crippen LogP contribution in [-0.4, -0.2) is 29.7 Å². The van der Waals surface area contributed by atoms with Crippen LogP contribution in [0.1, 0.15) is 18.4 Å². The summed E-state index contributed by atoms with van der Waals surface area (Å²) in [6.45, 7) is 3.51. The predicted octanol–water partition coefficient (Wildman–Crippen LogP) is 2.65. The number of hydrogen-bond acceptors (Lipinski definition) is 2. The highest BCUT2D eigenvalue weighted by molar-refractivity contribution is 9.10. The van der Waals surface area contributed by atoms with Gasteiger partial charge in [0, 0.05) is 24.2 Å². The van der Waals surface area contributed by atoms with Gasteiger partial charge in [-0.15, -0.1) is 0 Å². The predicted molar refractivity (Wildman–Crippen MR) is 69.2 cm³/mol. The molecule has 0 aliphatic carbocycles. The van der Waals surface area contributed by atoms with E-state index in [1.165, 1.54) is 18.4 Å². The Morgan fingerprint density at radius 3 is 3.06 bits per heavy atom. The molecule has 0 amide bonds. The molecule has 2 nitrogen and oxygen atoms in total. The van der Waals surface area contributed by atoms with Gasteiger partial charge in [0.15, 0.2) is 0 Å². The van der Waals surface area contributed by atoms with Crippen molar-refractivity contribution in [3.8, 4) is 0 Å². The van der Waals surface area contributed by atoms with E-state index in [2.05, 4.69) is 45.1 Å². The number of benzene rings is 1. The molecule has 0 spiro atoms. The number of piperidine rings is 1. The van der Waals surface area contributed by atoms with E-state index in [0.717, 1.165) is 24.1 Å². The lowest BCUT2D eigenvalue weighted by molar-refractivity contribution is 0.116. The van der Waals surface area contributed by atoms with E-state index < -0.39 is 0 Å². The Morgan fingerprint density at radius 1 is 1.44 bits per heavy atom. The number of hydrogen-bond donors (Lipinski definition) is 1. The Hall–Kier alpha value is -0.380. The Morgan fingerprint density at radius 2 is 2.31 bits per heavy atom. The Balaban J connectivity index is 1.94. The average Bonchev–Trinajstić information content (AvgIpc) is 2.29. The summed E-state index contributed by atoms with van der Waals surface area (Å²) in [5.41, 5.74) is 1.34. The van der Waals surface area contributed by atoms with Crippen LogP contribution in [0.15, 0.2) is 28.7 Å². The summed E-state index contributed by atoms with van der Waals surface area (Å²) in [5, 5.41) is 9.18. The van der Waals surface area contributed by atoms with Gasteiger partial charge >= 0.3 is 0 Å². The monoisotopic (exact) mass is 283 g/mol. The van der Waals surface area contributed by atoms with E-state index in [1.807, 2.05) is 0 Å². The van der Waals surface area contributed by atoms with Gasteiger partial charge in [0.2, 0.25) is 0 Å². The zero-order chi connectivity index (χ0) is 11.4. The van der Waals surface area contributed by atoms with Crippen molar-refractivity contribution in [3.63, 3.8) is 0 Å². The largest absolute Gasteiger partial charge is 0.396 e. The summed E-state index contributed by atoms with van der Waals surface area (Å²) in [6, 6.07) is 8.46. The molecule has 3 heteroatoms. The van der Waals surface area contributed by atoms with E-state index >= 15 is 0 Å². The molecule has 1 aliphatic rings. The zero-order valence-corrected chi connectivity index (χ0v) is 11.0. The first kappa shape index (κ1) is 12.1. The molecule has 1 aliphatic heterocycles. The first-order valence-electron chi connectivity index (χ1n) is 5.85. The van der Waals surface area contributed by atoms with Crippen molar-refractivity contribution >= 4 is 15.9 Å². The van der Waals surface area contributed by atoms with Crippen LogP contribution in [0.3, 0.4) is 0 Å². The van der Waals surface area contributed by atoms with Gasteiger partial charge in [0.1, 0.15) is 0 Å². The molecule has 88 valence electrons. The van der Waals surface area contributed by atoms with E-state index in [1.54, 1.807) is 0 Å². The minimum Gasteiger partial charge on any atom is -0.396 e. The molecular formula is C13H18BrNO. The van der Waals surface area contributed by atoms with Crippen LogP contribution in [0.4, 0.5) is 0 Å². The van der Waals surface area contributed by atoms with Crippen molar-refractivity contribution in [1.29, 1.82) is 0 Å². The van der Waals surface area contributed by atoms with Gasteiger partial charge in [-0.3, -0.25) is 4.90 Å². The molecular weight excluding hydrogens is 266 g/mol. The molecule has 1 saturated heterocycles. The number of aliphatic hydroxyl groups excluding tert-OH is 1. The van der Waals surface area contributed by atoms with E-state index in [9.17, 15) is 5.11 Å². The van der Waals surface area contributed by atoms with Crippen molar-refractivity contribution in [2.45, 2.75) is 19.4 Å². The minimum absolute atomic E-state index is 0.328. The van der Waals surface area contributed by atoms with E-state index in [0.29, 0.717) is 12.5 Å². The summed E-state index contributed by atoms with van der Waals surface area (Å²) < 4.78 is 1.14. The highest BCUT2D eigenvalue weighted by atomic mass is 79.9. The van der Waals surface area contributed by atoms with Crippen molar-refractivity contribution in [2.24, 2.45) is 5.92 Å². The Kier molecular flexibility index (Phi) is 4.38. The van der Waals surface area contributed by atoms with Gasteiger partial charge in [-0.05, 0) is 43.0 Å². The summed E-state index contributed by atoms with van der Waals surface area (Å²) >= 11 is 3.49. The minimum atomic E-state index is 0.328. The molecule has 0 bridgehead atoms. The lowest BCUT2D eigenvalue weighted by Crippen LogP contribution is -2.36. The highest BCUT2D eigenvalue weighted by Crippen LogP contribution is 2.19. The van der Waals surface area contributed by atoms with Crippen molar-refractivity contribution in [2.75, 3.05) is 19.7 Å². The van der Waals surface area contributed by atoms with Gasteiger partial charge in [0.05, 0.1) is 0 Å². The Labute approximate surface area is 105 Å². The summed E-state index contributed by atoms with van der Waals surface area (Å²) in [6.07, 6.45) is 2.38. The van der Waals surface area contributed by atoms with E-state index in [-0.39, 0.29) is 0 Å². The molecule has 1 fully saturated rings. The SMILES string of the molecule is OCC1CCCN(Cc2cccc(Br)c2)C1. The maximum atomic E-state index is 9.18. The third-order valence-electron chi connectivity index (χ3n) is 3.16. The number of rotatable bonds is 3. The fraction of sp³-hybridized carbons (Fsp3) is 0.538. The normalized spacial score (nSPS) is 22.2. The summed E-state index contributed by atoms with van der Waals surface area (Å²) in [5.74, 6) is 0.473. The third kappa shape index (κ3) is 3.30. The molecule has 0 aromatic heterocycles. The number of nitrogens with zero attached hydrogens (tertiary/aromatic N) is 1. The van der Waals surface area contributed by atoms with Gasteiger partial charge in [0.25, 0.3) is 0 Å². The third-order valence-corrected chi connectivity index (χ3v) is 3.65. The summed E-state index contributed by atoms with van der Waals surface area (Å²) in [4.78, 5) is 2.44. The molecule has 0 radical (unpaired) electrons. The average molecular weight is 284 g/mol. The topological polar surface area (TPSA) is 23.5 Å². The lowest BCUT2D eigenvalue weighted by atomic mass is 9.98. The highest BCUT2D eigenvalue weighted by Gasteiger charge is 2.18.